The number of thiophene rings is 1. The van der Waals surface area contributed by atoms with Crippen LogP contribution in [0.4, 0.5) is 11.5 Å². The summed E-state index contributed by atoms with van der Waals surface area (Å²) in [7, 11) is 0. The minimum atomic E-state index is 0.767. The zero-order valence-electron chi connectivity index (χ0n) is 14.2. The molecule has 0 aliphatic rings. The zero-order valence-corrected chi connectivity index (χ0v) is 15.0. The summed E-state index contributed by atoms with van der Waals surface area (Å²) in [5, 5.41) is 11.3. The molecule has 0 bridgehead atoms. The molecule has 124 valence electrons. The summed E-state index contributed by atoms with van der Waals surface area (Å²) in [6.45, 7) is 4.21. The van der Waals surface area contributed by atoms with Gasteiger partial charge in [0.25, 0.3) is 0 Å². The first-order chi connectivity index (χ1) is 12.3. The number of imidazole rings is 1. The maximum atomic E-state index is 4.75. The zero-order chi connectivity index (χ0) is 17.2. The molecule has 4 nitrogen and oxygen atoms in total. The molecular formula is C20H18N4S. The van der Waals surface area contributed by atoms with Crippen molar-refractivity contribution in [1.82, 2.24) is 9.38 Å². The lowest BCUT2D eigenvalue weighted by Gasteiger charge is -2.05. The molecule has 0 N–H and O–H groups in total. The monoisotopic (exact) mass is 346 g/mol. The fraction of sp³-hybridized carbons (Fsp3) is 0.150. The minimum absolute atomic E-state index is 0.767. The van der Waals surface area contributed by atoms with Crippen LogP contribution in [0.15, 0.2) is 70.3 Å². The van der Waals surface area contributed by atoms with E-state index in [0.29, 0.717) is 0 Å². The first-order valence-electron chi connectivity index (χ1n) is 8.29. The molecule has 0 aliphatic heterocycles. The Balaban J connectivity index is 1.88. The van der Waals surface area contributed by atoms with Gasteiger partial charge in [0.15, 0.2) is 5.82 Å². The highest BCUT2D eigenvalue weighted by Crippen LogP contribution is 2.35. The number of azo groups is 1. The number of hydrogen-bond donors (Lipinski definition) is 0. The molecule has 4 rings (SSSR count). The molecular weight excluding hydrogens is 328 g/mol. The van der Waals surface area contributed by atoms with Crippen molar-refractivity contribution in [3.63, 3.8) is 0 Å². The maximum absolute atomic E-state index is 4.75. The molecule has 5 heteroatoms. The Morgan fingerprint density at radius 2 is 1.96 bits per heavy atom. The third-order valence-electron chi connectivity index (χ3n) is 4.21. The van der Waals surface area contributed by atoms with Crippen molar-refractivity contribution in [1.29, 1.82) is 0 Å². The van der Waals surface area contributed by atoms with Gasteiger partial charge in [0, 0.05) is 6.20 Å². The minimum Gasteiger partial charge on any atom is -0.283 e. The summed E-state index contributed by atoms with van der Waals surface area (Å²) < 4.78 is 1.99. The van der Waals surface area contributed by atoms with Crippen molar-refractivity contribution < 1.29 is 0 Å². The van der Waals surface area contributed by atoms with Gasteiger partial charge in [0.2, 0.25) is 0 Å². The lowest BCUT2D eigenvalue weighted by Crippen LogP contribution is -1.85. The van der Waals surface area contributed by atoms with Gasteiger partial charge in [0.1, 0.15) is 11.3 Å². The summed E-state index contributed by atoms with van der Waals surface area (Å²) >= 11 is 1.66. The Bertz CT molecular complexity index is 1040. The number of aryl methyl sites for hydroxylation is 2. The predicted molar refractivity (Wildman–Crippen MR) is 103 cm³/mol. The third kappa shape index (κ3) is 2.87. The number of aromatic nitrogens is 2. The largest absolute Gasteiger partial charge is 0.283 e. The smallest absolute Gasteiger partial charge is 0.188 e. The normalized spacial score (nSPS) is 11.6. The van der Waals surface area contributed by atoms with Gasteiger partial charge >= 0.3 is 0 Å². The first-order valence-corrected chi connectivity index (χ1v) is 9.17. The molecule has 0 atom stereocenters. The highest BCUT2D eigenvalue weighted by atomic mass is 32.1. The Hall–Kier alpha value is -2.79. The molecule has 1 aromatic carbocycles. The van der Waals surface area contributed by atoms with Crippen molar-refractivity contribution in [3.8, 4) is 10.6 Å². The van der Waals surface area contributed by atoms with Gasteiger partial charge in [0.05, 0.1) is 10.6 Å². The SMILES string of the molecule is CCc1cccc(C)c1N=Nc1c(-c2cccs2)nc2ccccn12. The lowest BCUT2D eigenvalue weighted by molar-refractivity contribution is 1.07. The van der Waals surface area contributed by atoms with Crippen LogP contribution in [0.1, 0.15) is 18.1 Å². The van der Waals surface area contributed by atoms with E-state index in [1.54, 1.807) is 11.3 Å². The van der Waals surface area contributed by atoms with E-state index in [2.05, 4.69) is 53.7 Å². The van der Waals surface area contributed by atoms with Crippen molar-refractivity contribution in [2.45, 2.75) is 20.3 Å². The Morgan fingerprint density at radius 1 is 1.04 bits per heavy atom. The van der Waals surface area contributed by atoms with Gasteiger partial charge in [-0.3, -0.25) is 4.40 Å². The van der Waals surface area contributed by atoms with Gasteiger partial charge < -0.3 is 0 Å². The van der Waals surface area contributed by atoms with Crippen molar-refractivity contribution in [2.24, 2.45) is 10.2 Å². The van der Waals surface area contributed by atoms with Crippen LogP contribution < -0.4 is 0 Å². The number of fused-ring (bicyclic) bond motifs is 1. The van der Waals surface area contributed by atoms with E-state index in [-0.39, 0.29) is 0 Å². The molecule has 3 heterocycles. The molecule has 4 aromatic rings. The molecule has 25 heavy (non-hydrogen) atoms. The molecule has 3 aromatic heterocycles. The summed E-state index contributed by atoms with van der Waals surface area (Å²) in [5.41, 5.74) is 5.04. The summed E-state index contributed by atoms with van der Waals surface area (Å²) in [6.07, 6.45) is 2.91. The Labute approximate surface area is 150 Å². The van der Waals surface area contributed by atoms with Crippen LogP contribution >= 0.6 is 11.3 Å². The second-order valence-electron chi connectivity index (χ2n) is 5.83. The van der Waals surface area contributed by atoms with Gasteiger partial charge in [-0.2, -0.15) is 0 Å². The van der Waals surface area contributed by atoms with Gasteiger partial charge in [-0.1, -0.05) is 37.3 Å². The number of benzene rings is 1. The average Bonchev–Trinajstić information content (AvgIpc) is 3.28. The van der Waals surface area contributed by atoms with E-state index in [0.717, 1.165) is 39.7 Å². The topological polar surface area (TPSA) is 42.0 Å². The number of rotatable bonds is 4. The van der Waals surface area contributed by atoms with E-state index >= 15 is 0 Å². The number of nitrogens with zero attached hydrogens (tertiary/aromatic N) is 4. The standard InChI is InChI=1S/C20H18N4S/c1-3-15-9-6-8-14(2)18(15)22-23-20-19(16-10-7-13-25-16)21-17-11-4-5-12-24(17)20/h4-13H,3H2,1-2H3. The maximum Gasteiger partial charge on any atom is 0.188 e. The number of hydrogen-bond acceptors (Lipinski definition) is 4. The van der Waals surface area contributed by atoms with Crippen LogP contribution in [-0.2, 0) is 6.42 Å². The van der Waals surface area contributed by atoms with Crippen LogP contribution in [-0.4, -0.2) is 9.38 Å². The van der Waals surface area contributed by atoms with Crippen LogP contribution in [0.5, 0.6) is 0 Å². The quantitative estimate of drug-likeness (QED) is 0.397. The highest BCUT2D eigenvalue weighted by molar-refractivity contribution is 7.13. The van der Waals surface area contributed by atoms with Gasteiger partial charge in [-0.25, -0.2) is 4.98 Å². The lowest BCUT2D eigenvalue weighted by atomic mass is 10.1. The second-order valence-corrected chi connectivity index (χ2v) is 6.77. The van der Waals surface area contributed by atoms with Gasteiger partial charge in [-0.15, -0.1) is 21.6 Å². The third-order valence-corrected chi connectivity index (χ3v) is 5.08. The van der Waals surface area contributed by atoms with Crippen LogP contribution in [0.3, 0.4) is 0 Å². The fourth-order valence-corrected chi connectivity index (χ4v) is 3.61. The van der Waals surface area contributed by atoms with Crippen molar-refractivity contribution >= 4 is 28.5 Å². The molecule has 0 amide bonds. The molecule has 0 spiro atoms. The highest BCUT2D eigenvalue weighted by Gasteiger charge is 2.14. The van der Waals surface area contributed by atoms with Crippen LogP contribution in [0.2, 0.25) is 0 Å². The van der Waals surface area contributed by atoms with E-state index < -0.39 is 0 Å². The number of pyridine rings is 1. The predicted octanol–water partition coefficient (Wildman–Crippen LogP) is 6.35. The molecule has 0 unspecified atom stereocenters. The molecule has 0 saturated heterocycles. The Morgan fingerprint density at radius 3 is 2.76 bits per heavy atom. The first kappa shape index (κ1) is 15.7. The van der Waals surface area contributed by atoms with Gasteiger partial charge in [-0.05, 0) is 48.1 Å². The molecule has 0 radical (unpaired) electrons. The Kier molecular flexibility index (Phi) is 4.15. The van der Waals surface area contributed by atoms with E-state index in [4.69, 9.17) is 4.98 Å². The summed E-state index contributed by atoms with van der Waals surface area (Å²) in [5.74, 6) is 0.767. The van der Waals surface area contributed by atoms with Crippen molar-refractivity contribution in [2.75, 3.05) is 0 Å². The molecule has 0 saturated carbocycles. The van der Waals surface area contributed by atoms with Crippen LogP contribution in [0, 0.1) is 6.92 Å². The average molecular weight is 346 g/mol. The van der Waals surface area contributed by atoms with E-state index in [1.807, 2.05) is 34.9 Å². The van der Waals surface area contributed by atoms with Crippen LogP contribution in [0.25, 0.3) is 16.2 Å². The molecule has 0 fully saturated rings. The van der Waals surface area contributed by atoms with E-state index in [9.17, 15) is 0 Å². The second kappa shape index (κ2) is 6.61. The summed E-state index contributed by atoms with van der Waals surface area (Å²) in [4.78, 5) is 5.85. The molecule has 0 aliphatic carbocycles. The van der Waals surface area contributed by atoms with E-state index in [1.165, 1.54) is 5.56 Å². The van der Waals surface area contributed by atoms with Crippen molar-refractivity contribution in [3.05, 3.63) is 71.2 Å². The summed E-state index contributed by atoms with van der Waals surface area (Å²) in [6, 6.07) is 16.3. The fourth-order valence-electron chi connectivity index (χ4n) is 2.90.